The first-order valence-corrected chi connectivity index (χ1v) is 5.99. The van der Waals surface area contributed by atoms with E-state index in [9.17, 15) is 13.6 Å². The number of nitrogens with two attached hydrogens (primary N) is 1. The highest BCUT2D eigenvalue weighted by molar-refractivity contribution is 5.67. The van der Waals surface area contributed by atoms with Gasteiger partial charge in [-0.3, -0.25) is 0 Å². The van der Waals surface area contributed by atoms with Crippen molar-refractivity contribution in [2.75, 3.05) is 19.7 Å². The number of rotatable bonds is 2. The molecule has 98 valence electrons. The Morgan fingerprint density at radius 2 is 2.00 bits per heavy atom. The second kappa shape index (κ2) is 4.08. The molecule has 1 heterocycles. The number of carbonyl (C=O) groups excluding carboxylic acids is 1. The normalized spacial score (nSPS) is 32.4. The van der Waals surface area contributed by atoms with Crippen LogP contribution >= 0.6 is 0 Å². The Bertz CT molecular complexity index is 317. The van der Waals surface area contributed by atoms with E-state index >= 15 is 0 Å². The molecule has 1 unspecified atom stereocenters. The highest BCUT2D eigenvalue weighted by atomic mass is 19.3. The summed E-state index contributed by atoms with van der Waals surface area (Å²) in [4.78, 5) is 13.0. The van der Waals surface area contributed by atoms with E-state index in [4.69, 9.17) is 10.5 Å². The van der Waals surface area contributed by atoms with Crippen molar-refractivity contribution in [3.05, 3.63) is 0 Å². The molecule has 0 bridgehead atoms. The van der Waals surface area contributed by atoms with Crippen molar-refractivity contribution in [2.24, 2.45) is 11.7 Å². The van der Waals surface area contributed by atoms with Gasteiger partial charge in [0, 0.05) is 19.5 Å². The highest BCUT2D eigenvalue weighted by Gasteiger charge is 2.71. The molecular formula is C11H18F2N2O2. The van der Waals surface area contributed by atoms with Gasteiger partial charge in [-0.25, -0.2) is 13.6 Å². The lowest BCUT2D eigenvalue weighted by Crippen LogP contribution is -2.47. The molecule has 1 amide bonds. The average molecular weight is 248 g/mol. The Morgan fingerprint density at radius 1 is 1.47 bits per heavy atom. The number of piperidine rings is 1. The summed E-state index contributed by atoms with van der Waals surface area (Å²) in [6.07, 6.45) is 0.486. The first kappa shape index (κ1) is 12.5. The van der Waals surface area contributed by atoms with E-state index in [2.05, 4.69) is 0 Å². The van der Waals surface area contributed by atoms with Crippen molar-refractivity contribution in [1.29, 1.82) is 0 Å². The second-order valence-corrected chi connectivity index (χ2v) is 4.88. The molecule has 4 nitrogen and oxygen atoms in total. The van der Waals surface area contributed by atoms with Crippen LogP contribution in [0.1, 0.15) is 26.2 Å². The van der Waals surface area contributed by atoms with Crippen molar-refractivity contribution in [3.63, 3.8) is 0 Å². The van der Waals surface area contributed by atoms with E-state index in [0.29, 0.717) is 32.5 Å². The zero-order valence-corrected chi connectivity index (χ0v) is 9.92. The third kappa shape index (κ3) is 2.10. The fraction of sp³-hybridized carbons (Fsp3) is 0.909. The average Bonchev–Trinajstić information content (AvgIpc) is 2.80. The summed E-state index contributed by atoms with van der Waals surface area (Å²) in [6.45, 7) is 2.99. The molecule has 2 N–H and O–H groups in total. The molecule has 6 heteroatoms. The predicted octanol–water partition coefficient (Wildman–Crippen LogP) is 1.59. The van der Waals surface area contributed by atoms with Gasteiger partial charge >= 0.3 is 6.09 Å². The lowest BCUT2D eigenvalue weighted by molar-refractivity contribution is 0.0500. The van der Waals surface area contributed by atoms with Crippen LogP contribution in [-0.4, -0.2) is 42.2 Å². The Kier molecular flexibility index (Phi) is 3.01. The maximum absolute atomic E-state index is 13.1. The molecule has 1 atom stereocenters. The molecule has 2 aliphatic rings. The minimum atomic E-state index is -2.72. The molecule has 0 spiro atoms. The van der Waals surface area contributed by atoms with E-state index < -0.39 is 11.5 Å². The van der Waals surface area contributed by atoms with E-state index in [-0.39, 0.29) is 18.4 Å². The van der Waals surface area contributed by atoms with Crippen LogP contribution in [0.15, 0.2) is 0 Å². The lowest BCUT2D eigenvalue weighted by atomic mass is 9.87. The maximum atomic E-state index is 13.1. The van der Waals surface area contributed by atoms with Gasteiger partial charge < -0.3 is 15.4 Å². The number of halogens is 2. The Hall–Kier alpha value is -0.910. The smallest absolute Gasteiger partial charge is 0.409 e. The van der Waals surface area contributed by atoms with Gasteiger partial charge in [0.2, 0.25) is 0 Å². The summed E-state index contributed by atoms with van der Waals surface area (Å²) in [6, 6.07) is 0. The van der Waals surface area contributed by atoms with Gasteiger partial charge in [0.05, 0.1) is 12.1 Å². The minimum Gasteiger partial charge on any atom is -0.450 e. The van der Waals surface area contributed by atoms with Crippen LogP contribution in [-0.2, 0) is 4.74 Å². The summed E-state index contributed by atoms with van der Waals surface area (Å²) in [5.74, 6) is -2.91. The summed E-state index contributed by atoms with van der Waals surface area (Å²) in [5.41, 5.74) is 4.37. The first-order chi connectivity index (χ1) is 7.90. The molecule has 17 heavy (non-hydrogen) atoms. The molecule has 0 aromatic carbocycles. The number of alkyl halides is 2. The molecule has 1 saturated heterocycles. The highest BCUT2D eigenvalue weighted by Crippen LogP contribution is 2.57. The van der Waals surface area contributed by atoms with Crippen LogP contribution in [0.4, 0.5) is 13.6 Å². The number of amides is 1. The Morgan fingerprint density at radius 3 is 2.41 bits per heavy atom. The molecule has 0 aromatic rings. The zero-order chi connectivity index (χ0) is 12.7. The monoisotopic (exact) mass is 248 g/mol. The fourth-order valence-corrected chi connectivity index (χ4v) is 2.56. The molecule has 2 fully saturated rings. The second-order valence-electron chi connectivity index (χ2n) is 4.88. The number of likely N-dealkylation sites (tertiary alicyclic amines) is 1. The number of nitrogens with zero attached hydrogens (tertiary/aromatic N) is 1. The molecule has 2 rings (SSSR count). The van der Waals surface area contributed by atoms with Gasteiger partial charge in [-0.2, -0.15) is 0 Å². The van der Waals surface area contributed by atoms with Crippen LogP contribution in [0.5, 0.6) is 0 Å². The number of ether oxygens (including phenoxy) is 1. The van der Waals surface area contributed by atoms with E-state index in [1.165, 1.54) is 0 Å². The third-order valence-corrected chi connectivity index (χ3v) is 3.82. The van der Waals surface area contributed by atoms with Crippen LogP contribution in [0, 0.1) is 5.92 Å². The van der Waals surface area contributed by atoms with Gasteiger partial charge in [-0.15, -0.1) is 0 Å². The van der Waals surface area contributed by atoms with Crippen molar-refractivity contribution >= 4 is 6.09 Å². The topological polar surface area (TPSA) is 55.6 Å². The van der Waals surface area contributed by atoms with Crippen LogP contribution in [0.2, 0.25) is 0 Å². The standard InChI is InChI=1S/C11H18F2N2O2/c1-2-17-9(16)15-5-3-8(4-6-15)10(14)7-11(10,12)13/h8H,2-7,14H2,1H3. The van der Waals surface area contributed by atoms with Crippen LogP contribution in [0.25, 0.3) is 0 Å². The van der Waals surface area contributed by atoms with Gasteiger partial charge in [-0.05, 0) is 25.7 Å². The van der Waals surface area contributed by atoms with Gasteiger partial charge in [0.15, 0.2) is 0 Å². The number of hydrogen-bond donors (Lipinski definition) is 1. The van der Waals surface area contributed by atoms with Gasteiger partial charge in [-0.1, -0.05) is 0 Å². The number of carbonyl (C=O) groups is 1. The quantitative estimate of drug-likeness (QED) is 0.807. The van der Waals surface area contributed by atoms with Gasteiger partial charge in [0.1, 0.15) is 0 Å². The third-order valence-electron chi connectivity index (χ3n) is 3.82. The number of hydrogen-bond acceptors (Lipinski definition) is 3. The summed E-state index contributed by atoms with van der Waals surface area (Å²) < 4.78 is 31.1. The van der Waals surface area contributed by atoms with Crippen molar-refractivity contribution in [2.45, 2.75) is 37.6 Å². The maximum Gasteiger partial charge on any atom is 0.409 e. The van der Waals surface area contributed by atoms with Crippen molar-refractivity contribution in [3.8, 4) is 0 Å². The predicted molar refractivity (Wildman–Crippen MR) is 57.8 cm³/mol. The van der Waals surface area contributed by atoms with E-state index in [0.717, 1.165) is 0 Å². The molecule has 1 saturated carbocycles. The minimum absolute atomic E-state index is 0.192. The summed E-state index contributed by atoms with van der Waals surface area (Å²) in [7, 11) is 0. The first-order valence-electron chi connectivity index (χ1n) is 5.99. The molecular weight excluding hydrogens is 230 g/mol. The Balaban J connectivity index is 1.85. The molecule has 0 aromatic heterocycles. The van der Waals surface area contributed by atoms with Crippen molar-refractivity contribution < 1.29 is 18.3 Å². The Labute approximate surface area is 99.1 Å². The van der Waals surface area contributed by atoms with Crippen LogP contribution < -0.4 is 5.73 Å². The molecule has 1 aliphatic carbocycles. The largest absolute Gasteiger partial charge is 0.450 e. The summed E-state index contributed by atoms with van der Waals surface area (Å²) in [5, 5.41) is 0. The molecule has 1 aliphatic heterocycles. The van der Waals surface area contributed by atoms with Crippen molar-refractivity contribution in [1.82, 2.24) is 4.90 Å². The van der Waals surface area contributed by atoms with E-state index in [1.807, 2.05) is 0 Å². The van der Waals surface area contributed by atoms with Gasteiger partial charge in [0.25, 0.3) is 5.92 Å². The zero-order valence-electron chi connectivity index (χ0n) is 9.92. The fourth-order valence-electron chi connectivity index (χ4n) is 2.56. The SMILES string of the molecule is CCOC(=O)N1CCC(C2(N)CC2(F)F)CC1. The lowest BCUT2D eigenvalue weighted by Gasteiger charge is -2.34. The summed E-state index contributed by atoms with van der Waals surface area (Å²) >= 11 is 0. The molecule has 0 radical (unpaired) electrons. The van der Waals surface area contributed by atoms with Crippen LogP contribution in [0.3, 0.4) is 0 Å². The van der Waals surface area contributed by atoms with E-state index in [1.54, 1.807) is 11.8 Å².